The van der Waals surface area contributed by atoms with Gasteiger partial charge in [0.1, 0.15) is 6.54 Å². The second-order valence-corrected chi connectivity index (χ2v) is 8.81. The molecular formula is C20H19N3O3S2. The first-order valence-electron chi connectivity index (χ1n) is 8.47. The van der Waals surface area contributed by atoms with E-state index in [1.165, 1.54) is 29.7 Å². The molecule has 0 saturated carbocycles. The summed E-state index contributed by atoms with van der Waals surface area (Å²) >= 11 is 1.48. The number of carbonyl (C=O) groups excluding carboxylic acids is 1. The highest BCUT2D eigenvalue weighted by molar-refractivity contribution is 7.92. The van der Waals surface area contributed by atoms with Crippen molar-refractivity contribution in [2.45, 2.75) is 11.8 Å². The number of sulfonamides is 1. The van der Waals surface area contributed by atoms with E-state index >= 15 is 0 Å². The van der Waals surface area contributed by atoms with E-state index in [1.807, 2.05) is 24.4 Å². The second kappa shape index (κ2) is 8.81. The normalized spacial score (nSPS) is 11.5. The van der Waals surface area contributed by atoms with Gasteiger partial charge in [-0.3, -0.25) is 9.10 Å². The fourth-order valence-corrected chi connectivity index (χ4v) is 4.47. The number of aryl methyl sites for hydroxylation is 1. The van der Waals surface area contributed by atoms with E-state index < -0.39 is 15.9 Å². The molecule has 0 spiro atoms. The van der Waals surface area contributed by atoms with Crippen LogP contribution in [0.15, 0.2) is 82.1 Å². The van der Waals surface area contributed by atoms with E-state index in [2.05, 4.69) is 10.5 Å². The van der Waals surface area contributed by atoms with Crippen LogP contribution >= 0.6 is 11.3 Å². The van der Waals surface area contributed by atoms with Crippen LogP contribution in [0.3, 0.4) is 0 Å². The van der Waals surface area contributed by atoms with Gasteiger partial charge in [-0.2, -0.15) is 5.10 Å². The number of hydrogen-bond acceptors (Lipinski definition) is 5. The predicted octanol–water partition coefficient (Wildman–Crippen LogP) is 3.40. The first-order valence-corrected chi connectivity index (χ1v) is 10.8. The van der Waals surface area contributed by atoms with Gasteiger partial charge >= 0.3 is 0 Å². The minimum atomic E-state index is -3.91. The van der Waals surface area contributed by atoms with E-state index in [0.717, 1.165) is 14.7 Å². The summed E-state index contributed by atoms with van der Waals surface area (Å²) in [6, 6.07) is 18.7. The van der Waals surface area contributed by atoms with Gasteiger partial charge in [0.15, 0.2) is 0 Å². The topological polar surface area (TPSA) is 78.8 Å². The summed E-state index contributed by atoms with van der Waals surface area (Å²) in [5.74, 6) is -0.534. The SMILES string of the molecule is Cc1ccc(N(CC(=O)N/N=C\c2cccs2)S(=O)(=O)c2ccccc2)cc1. The molecule has 0 aliphatic rings. The van der Waals surface area contributed by atoms with Crippen LogP contribution in [0.2, 0.25) is 0 Å². The number of carbonyl (C=O) groups is 1. The van der Waals surface area contributed by atoms with Crippen LogP contribution in [-0.4, -0.2) is 27.1 Å². The number of hydrogen-bond donors (Lipinski definition) is 1. The minimum Gasteiger partial charge on any atom is -0.271 e. The summed E-state index contributed by atoms with van der Waals surface area (Å²) in [6.45, 7) is 1.52. The Balaban J connectivity index is 1.84. The molecule has 3 rings (SSSR count). The summed E-state index contributed by atoms with van der Waals surface area (Å²) in [4.78, 5) is 13.4. The quantitative estimate of drug-likeness (QED) is 0.476. The zero-order valence-corrected chi connectivity index (χ0v) is 16.8. The predicted molar refractivity (Wildman–Crippen MR) is 112 cm³/mol. The van der Waals surface area contributed by atoms with Gasteiger partial charge in [0.2, 0.25) is 0 Å². The lowest BCUT2D eigenvalue weighted by molar-refractivity contribution is -0.119. The smallest absolute Gasteiger partial charge is 0.264 e. The van der Waals surface area contributed by atoms with Gasteiger partial charge in [0, 0.05) is 4.88 Å². The molecule has 28 heavy (non-hydrogen) atoms. The molecule has 144 valence electrons. The molecule has 6 nitrogen and oxygen atoms in total. The van der Waals surface area contributed by atoms with E-state index in [1.54, 1.807) is 42.5 Å². The van der Waals surface area contributed by atoms with E-state index in [4.69, 9.17) is 0 Å². The molecule has 1 amide bonds. The Hall–Kier alpha value is -2.97. The standard InChI is InChI=1S/C20H19N3O3S2/c1-16-9-11-17(12-10-16)23(28(25,26)19-7-3-2-4-8-19)15-20(24)22-21-14-18-6-5-13-27-18/h2-14H,15H2,1H3,(H,22,24)/b21-14-. The molecule has 2 aromatic carbocycles. The molecule has 0 bridgehead atoms. The van der Waals surface area contributed by atoms with Crippen molar-refractivity contribution in [1.29, 1.82) is 0 Å². The van der Waals surface area contributed by atoms with Gasteiger partial charge in [-0.25, -0.2) is 13.8 Å². The molecule has 0 atom stereocenters. The number of benzene rings is 2. The Kier molecular flexibility index (Phi) is 6.23. The number of nitrogens with one attached hydrogen (secondary N) is 1. The van der Waals surface area contributed by atoms with Crippen molar-refractivity contribution < 1.29 is 13.2 Å². The molecule has 3 aromatic rings. The van der Waals surface area contributed by atoms with Crippen molar-refractivity contribution in [2.75, 3.05) is 10.8 Å². The Labute approximate surface area is 168 Å². The number of nitrogens with zero attached hydrogens (tertiary/aromatic N) is 2. The van der Waals surface area contributed by atoms with Crippen molar-refractivity contribution in [1.82, 2.24) is 5.43 Å². The average Bonchev–Trinajstić information content (AvgIpc) is 3.21. The van der Waals surface area contributed by atoms with E-state index in [-0.39, 0.29) is 11.4 Å². The van der Waals surface area contributed by atoms with Crippen molar-refractivity contribution in [3.63, 3.8) is 0 Å². The Morgan fingerprint density at radius 1 is 1.07 bits per heavy atom. The highest BCUT2D eigenvalue weighted by atomic mass is 32.2. The molecule has 0 aliphatic heterocycles. The maximum Gasteiger partial charge on any atom is 0.264 e. The third kappa shape index (κ3) is 4.85. The molecule has 0 fully saturated rings. The molecule has 1 heterocycles. The lowest BCUT2D eigenvalue weighted by Crippen LogP contribution is -2.39. The van der Waals surface area contributed by atoms with Crippen LogP contribution in [0.25, 0.3) is 0 Å². The third-order valence-electron chi connectivity index (χ3n) is 3.86. The monoisotopic (exact) mass is 413 g/mol. The third-order valence-corrected chi connectivity index (χ3v) is 6.46. The highest BCUT2D eigenvalue weighted by Gasteiger charge is 2.26. The van der Waals surface area contributed by atoms with Crippen LogP contribution in [0, 0.1) is 6.92 Å². The molecule has 8 heteroatoms. The molecule has 0 saturated heterocycles. The van der Waals surface area contributed by atoms with Crippen LogP contribution in [-0.2, 0) is 14.8 Å². The molecule has 1 N–H and O–H groups in total. The maximum atomic E-state index is 13.1. The van der Waals surface area contributed by atoms with Crippen LogP contribution in [0.4, 0.5) is 5.69 Å². The number of thiophene rings is 1. The maximum absolute atomic E-state index is 13.1. The fourth-order valence-electron chi connectivity index (χ4n) is 2.44. The molecule has 0 aliphatic carbocycles. The van der Waals surface area contributed by atoms with Crippen molar-refractivity contribution >= 4 is 39.2 Å². The van der Waals surface area contributed by atoms with Crippen LogP contribution in [0.5, 0.6) is 0 Å². The largest absolute Gasteiger partial charge is 0.271 e. The summed E-state index contributed by atoms with van der Waals surface area (Å²) in [6.07, 6.45) is 1.52. The van der Waals surface area contributed by atoms with Gasteiger partial charge in [-0.15, -0.1) is 11.3 Å². The summed E-state index contributed by atoms with van der Waals surface area (Å²) < 4.78 is 27.3. The minimum absolute atomic E-state index is 0.116. The van der Waals surface area contributed by atoms with Crippen LogP contribution in [0.1, 0.15) is 10.4 Å². The van der Waals surface area contributed by atoms with Gasteiger partial charge < -0.3 is 0 Å². The first kappa shape index (κ1) is 19.8. The number of anilines is 1. The number of amides is 1. The molecule has 0 unspecified atom stereocenters. The van der Waals surface area contributed by atoms with Crippen molar-refractivity contribution in [3.05, 3.63) is 82.6 Å². The number of hydrazone groups is 1. The summed E-state index contributed by atoms with van der Waals surface area (Å²) in [5.41, 5.74) is 3.79. The van der Waals surface area contributed by atoms with Gasteiger partial charge in [0.05, 0.1) is 16.8 Å². The zero-order chi connectivity index (χ0) is 20.0. The molecule has 0 radical (unpaired) electrons. The average molecular weight is 414 g/mol. The van der Waals surface area contributed by atoms with Gasteiger partial charge in [-0.1, -0.05) is 42.0 Å². The van der Waals surface area contributed by atoms with E-state index in [0.29, 0.717) is 5.69 Å². The lowest BCUT2D eigenvalue weighted by atomic mass is 10.2. The Morgan fingerprint density at radius 2 is 1.79 bits per heavy atom. The van der Waals surface area contributed by atoms with Gasteiger partial charge in [-0.05, 0) is 42.6 Å². The fraction of sp³-hybridized carbons (Fsp3) is 0.100. The second-order valence-electron chi connectivity index (χ2n) is 5.97. The zero-order valence-electron chi connectivity index (χ0n) is 15.1. The summed E-state index contributed by atoms with van der Waals surface area (Å²) in [5, 5.41) is 5.79. The van der Waals surface area contributed by atoms with Crippen molar-refractivity contribution in [3.8, 4) is 0 Å². The molecule has 1 aromatic heterocycles. The molecular weight excluding hydrogens is 394 g/mol. The highest BCUT2D eigenvalue weighted by Crippen LogP contribution is 2.23. The van der Waals surface area contributed by atoms with E-state index in [9.17, 15) is 13.2 Å². The number of rotatable bonds is 7. The first-order chi connectivity index (χ1) is 13.5. The van der Waals surface area contributed by atoms with Gasteiger partial charge in [0.25, 0.3) is 15.9 Å². The Bertz CT molecular complexity index is 1050. The Morgan fingerprint density at radius 3 is 2.43 bits per heavy atom. The van der Waals surface area contributed by atoms with Crippen LogP contribution < -0.4 is 9.73 Å². The summed E-state index contributed by atoms with van der Waals surface area (Å²) in [7, 11) is -3.91. The van der Waals surface area contributed by atoms with Crippen molar-refractivity contribution in [2.24, 2.45) is 5.10 Å². The lowest BCUT2D eigenvalue weighted by Gasteiger charge is -2.23.